The van der Waals surface area contributed by atoms with E-state index in [1.807, 2.05) is 0 Å². The summed E-state index contributed by atoms with van der Waals surface area (Å²) in [4.78, 5) is 10.8. The highest BCUT2D eigenvalue weighted by Gasteiger charge is 2.15. The Morgan fingerprint density at radius 1 is 1.80 bits per heavy atom. The number of carboxylic acid groups (broad SMARTS) is 1. The first-order chi connectivity index (χ1) is 5.70. The third-order valence-corrected chi connectivity index (χ3v) is 1.07. The van der Waals surface area contributed by atoms with Gasteiger partial charge in [0.15, 0.2) is 0 Å². The van der Waals surface area contributed by atoms with E-state index in [-0.39, 0.29) is 6.42 Å². The molecule has 0 rings (SSSR count). The third kappa shape index (κ3) is 3.49. The molecule has 0 bridgehead atoms. The Kier molecular flexibility index (Phi) is 2.23. The van der Waals surface area contributed by atoms with Crippen molar-refractivity contribution < 1.29 is 14.0 Å². The fraction of sp³-hybridized carbons (Fsp3) is 0.875. The van der Waals surface area contributed by atoms with E-state index in [1.54, 1.807) is 13.8 Å². The summed E-state index contributed by atoms with van der Waals surface area (Å²) in [5.74, 6) is -3.92. The van der Waals surface area contributed by atoms with Crippen LogP contribution in [0.25, 0.3) is 0 Å². The summed E-state index contributed by atoms with van der Waals surface area (Å²) in [5.41, 5.74) is 0. The standard InChI is InChI=1S/C8H16O2/c1-4-7(8(9)10)5-6(2)3/h6-7H,4-5H2,1-3H3,(H,9,10)/t7-/m1/s1/i5D2,7D. The van der Waals surface area contributed by atoms with Crippen molar-refractivity contribution in [2.75, 3.05) is 0 Å². The molecule has 0 aromatic carbocycles. The first-order valence-electron chi connectivity index (χ1n) is 4.93. The van der Waals surface area contributed by atoms with Gasteiger partial charge >= 0.3 is 5.97 Å². The maximum Gasteiger partial charge on any atom is 0.306 e. The van der Waals surface area contributed by atoms with Crippen LogP contribution in [-0.2, 0) is 4.79 Å². The van der Waals surface area contributed by atoms with E-state index in [9.17, 15) is 4.79 Å². The maximum absolute atomic E-state index is 10.8. The minimum absolute atomic E-state index is 0.0342. The predicted molar refractivity (Wildman–Crippen MR) is 40.9 cm³/mol. The number of carboxylic acids is 1. The van der Waals surface area contributed by atoms with Crippen LogP contribution in [0.1, 0.15) is 37.7 Å². The van der Waals surface area contributed by atoms with Crippen LogP contribution >= 0.6 is 0 Å². The van der Waals surface area contributed by atoms with Gasteiger partial charge in [0.25, 0.3) is 0 Å². The highest BCUT2D eigenvalue weighted by molar-refractivity contribution is 5.69. The molecule has 0 fully saturated rings. The molecule has 0 aliphatic rings. The van der Waals surface area contributed by atoms with Crippen LogP contribution in [0.15, 0.2) is 0 Å². The molecule has 0 spiro atoms. The molecule has 0 heterocycles. The third-order valence-electron chi connectivity index (χ3n) is 1.07. The van der Waals surface area contributed by atoms with Crippen LogP contribution in [0.2, 0.25) is 0 Å². The minimum atomic E-state index is -2.04. The second kappa shape index (κ2) is 4.31. The van der Waals surface area contributed by atoms with Gasteiger partial charge in [0.1, 0.15) is 0 Å². The molecule has 0 aromatic heterocycles. The van der Waals surface area contributed by atoms with Gasteiger partial charge in [-0.2, -0.15) is 0 Å². The molecule has 0 saturated carbocycles. The quantitative estimate of drug-likeness (QED) is 0.661. The van der Waals surface area contributed by atoms with Crippen molar-refractivity contribution in [1.82, 2.24) is 0 Å². The molecule has 0 unspecified atom stereocenters. The number of hydrogen-bond acceptors (Lipinski definition) is 1. The van der Waals surface area contributed by atoms with Crippen molar-refractivity contribution >= 4 is 5.97 Å². The van der Waals surface area contributed by atoms with Gasteiger partial charge < -0.3 is 5.11 Å². The molecular formula is C8H16O2. The normalized spacial score (nSPS) is 22.6. The summed E-state index contributed by atoms with van der Waals surface area (Å²) in [6.07, 6.45) is -2.04. The zero-order valence-corrected chi connectivity index (χ0v) is 6.64. The van der Waals surface area contributed by atoms with Crippen LogP contribution in [0.4, 0.5) is 0 Å². The molecule has 0 aliphatic carbocycles. The van der Waals surface area contributed by atoms with E-state index in [0.29, 0.717) is 0 Å². The van der Waals surface area contributed by atoms with Gasteiger partial charge in [-0.15, -0.1) is 0 Å². The fourth-order valence-electron chi connectivity index (χ4n) is 0.663. The summed E-state index contributed by atoms with van der Waals surface area (Å²) < 4.78 is 22.7. The second-order valence-corrected chi connectivity index (χ2v) is 2.44. The molecule has 60 valence electrons. The van der Waals surface area contributed by atoms with Gasteiger partial charge in [-0.25, -0.2) is 0 Å². The van der Waals surface area contributed by atoms with Crippen molar-refractivity contribution in [2.24, 2.45) is 11.8 Å². The van der Waals surface area contributed by atoms with E-state index >= 15 is 0 Å². The average molecular weight is 147 g/mol. The maximum atomic E-state index is 10.8. The van der Waals surface area contributed by atoms with Gasteiger partial charge in [-0.3, -0.25) is 4.79 Å². The van der Waals surface area contributed by atoms with Gasteiger partial charge in [0, 0.05) is 4.11 Å². The lowest BCUT2D eigenvalue weighted by molar-refractivity contribution is -0.142. The highest BCUT2D eigenvalue weighted by atomic mass is 16.4. The van der Waals surface area contributed by atoms with Crippen molar-refractivity contribution in [3.8, 4) is 0 Å². The minimum Gasteiger partial charge on any atom is -0.481 e. The smallest absolute Gasteiger partial charge is 0.306 e. The van der Waals surface area contributed by atoms with Crippen LogP contribution in [0.3, 0.4) is 0 Å². The van der Waals surface area contributed by atoms with Gasteiger partial charge in [0.2, 0.25) is 0 Å². The van der Waals surface area contributed by atoms with E-state index < -0.39 is 24.2 Å². The topological polar surface area (TPSA) is 37.3 Å². The highest BCUT2D eigenvalue weighted by Crippen LogP contribution is 2.14. The van der Waals surface area contributed by atoms with Crippen molar-refractivity contribution in [2.45, 2.75) is 33.6 Å². The molecule has 0 aromatic rings. The Hall–Kier alpha value is -0.530. The monoisotopic (exact) mass is 147 g/mol. The van der Waals surface area contributed by atoms with Crippen molar-refractivity contribution in [1.29, 1.82) is 0 Å². The SMILES string of the molecule is [2H]C([2H])(C(C)C)[C@@]([2H])(CC)C(=O)O. The Bertz CT molecular complexity index is 204. The molecule has 1 N–H and O–H groups in total. The van der Waals surface area contributed by atoms with Gasteiger partial charge in [0.05, 0.1) is 5.89 Å². The van der Waals surface area contributed by atoms with Crippen molar-refractivity contribution in [3.05, 3.63) is 0 Å². The van der Waals surface area contributed by atoms with E-state index in [4.69, 9.17) is 9.22 Å². The average Bonchev–Trinajstić information content (AvgIpc) is 2.01. The van der Waals surface area contributed by atoms with E-state index in [0.717, 1.165) is 0 Å². The van der Waals surface area contributed by atoms with Crippen LogP contribution in [-0.4, -0.2) is 11.1 Å². The summed E-state index contributed by atoms with van der Waals surface area (Å²) in [5, 5.41) is 8.79. The number of aliphatic carboxylic acids is 1. The molecule has 10 heavy (non-hydrogen) atoms. The summed E-state index contributed by atoms with van der Waals surface area (Å²) in [6, 6.07) is 0. The van der Waals surface area contributed by atoms with Crippen LogP contribution in [0.5, 0.6) is 0 Å². The lowest BCUT2D eigenvalue weighted by Crippen LogP contribution is -2.14. The summed E-state index contributed by atoms with van der Waals surface area (Å²) >= 11 is 0. The molecule has 0 amide bonds. The molecule has 0 saturated heterocycles. The first kappa shape index (κ1) is 5.16. The second-order valence-electron chi connectivity index (χ2n) is 2.44. The van der Waals surface area contributed by atoms with E-state index in [2.05, 4.69) is 0 Å². The molecule has 1 atom stereocenters. The number of hydrogen-bond donors (Lipinski definition) is 1. The van der Waals surface area contributed by atoms with Crippen molar-refractivity contribution in [3.63, 3.8) is 0 Å². The van der Waals surface area contributed by atoms with Crippen LogP contribution < -0.4 is 0 Å². The largest absolute Gasteiger partial charge is 0.481 e. The molecule has 0 aliphatic heterocycles. The summed E-state index contributed by atoms with van der Waals surface area (Å²) in [7, 11) is 0. The fourth-order valence-corrected chi connectivity index (χ4v) is 0.663. The van der Waals surface area contributed by atoms with Crippen LogP contribution in [0, 0.1) is 11.8 Å². The Balaban J connectivity index is 5.07. The van der Waals surface area contributed by atoms with Gasteiger partial charge in [-0.05, 0) is 18.7 Å². The molecular weight excluding hydrogens is 128 g/mol. The lowest BCUT2D eigenvalue weighted by atomic mass is 9.95. The number of rotatable bonds is 4. The lowest BCUT2D eigenvalue weighted by Gasteiger charge is -2.11. The Morgan fingerprint density at radius 2 is 2.30 bits per heavy atom. The molecule has 0 radical (unpaired) electrons. The Labute approximate surface area is 66.5 Å². The predicted octanol–water partition coefficient (Wildman–Crippen LogP) is 2.14. The number of carbonyl (C=O) groups is 1. The Morgan fingerprint density at radius 3 is 2.40 bits per heavy atom. The molecule has 2 nitrogen and oxygen atoms in total. The first-order valence-corrected chi connectivity index (χ1v) is 3.43. The van der Waals surface area contributed by atoms with Gasteiger partial charge in [-0.1, -0.05) is 20.8 Å². The zero-order chi connectivity index (χ0) is 10.9. The zero-order valence-electron chi connectivity index (χ0n) is 9.64. The summed E-state index contributed by atoms with van der Waals surface area (Å²) in [6.45, 7) is 4.69. The molecule has 2 heteroatoms. The van der Waals surface area contributed by atoms with E-state index in [1.165, 1.54) is 6.92 Å².